The Morgan fingerprint density at radius 3 is 2.39 bits per heavy atom. The number of halogens is 3. The third-order valence-corrected chi connectivity index (χ3v) is 7.28. The molecule has 5 rings (SSSR count). The van der Waals surface area contributed by atoms with E-state index in [1.165, 1.54) is 17.2 Å². The highest BCUT2D eigenvalue weighted by Crippen LogP contribution is 2.37. The molecule has 2 amide bonds. The average molecular weight is 501 g/mol. The minimum absolute atomic E-state index is 0.0915. The number of aromatic nitrogens is 2. The molecule has 0 radical (unpaired) electrons. The highest BCUT2D eigenvalue weighted by atomic mass is 19.1. The number of amides is 2. The van der Waals surface area contributed by atoms with Crippen LogP contribution in [0.4, 0.5) is 13.2 Å². The SMILES string of the molecule is Cc1nn(C[C@H]2CC[C@H](C(=O)N3OCC[C@H]3c3cc(F)cc(F)c3)CC2)c2cc(C(N)=O)cc(F)c12. The fourth-order valence-electron chi connectivity index (χ4n) is 5.49. The van der Waals surface area contributed by atoms with E-state index in [0.29, 0.717) is 54.6 Å². The van der Waals surface area contributed by atoms with E-state index in [0.717, 1.165) is 25.0 Å². The smallest absolute Gasteiger partial charge is 0.249 e. The highest BCUT2D eigenvalue weighted by Gasteiger charge is 2.37. The summed E-state index contributed by atoms with van der Waals surface area (Å²) in [5.41, 5.74) is 6.89. The van der Waals surface area contributed by atoms with Gasteiger partial charge in [0.05, 0.1) is 29.2 Å². The Hall–Kier alpha value is -3.40. The summed E-state index contributed by atoms with van der Waals surface area (Å²) in [6.45, 7) is 2.55. The van der Waals surface area contributed by atoms with Gasteiger partial charge in [-0.2, -0.15) is 5.10 Å². The number of rotatable bonds is 5. The average Bonchev–Trinajstić information content (AvgIpc) is 3.44. The third kappa shape index (κ3) is 4.57. The predicted molar refractivity (Wildman–Crippen MR) is 125 cm³/mol. The summed E-state index contributed by atoms with van der Waals surface area (Å²) >= 11 is 0. The second-order valence-electron chi connectivity index (χ2n) is 9.71. The Bertz CT molecular complexity index is 1310. The molecule has 1 aliphatic heterocycles. The number of hydrogen-bond donors (Lipinski definition) is 1. The van der Waals surface area contributed by atoms with E-state index >= 15 is 0 Å². The molecule has 0 bridgehead atoms. The summed E-state index contributed by atoms with van der Waals surface area (Å²) in [4.78, 5) is 30.4. The van der Waals surface area contributed by atoms with Crippen molar-refractivity contribution in [3.05, 3.63) is 64.6 Å². The van der Waals surface area contributed by atoms with Crippen molar-refractivity contribution in [1.82, 2.24) is 14.8 Å². The molecule has 190 valence electrons. The van der Waals surface area contributed by atoms with Gasteiger partial charge in [-0.3, -0.25) is 19.1 Å². The second kappa shape index (κ2) is 9.57. The van der Waals surface area contributed by atoms with Crippen LogP contribution in [0.15, 0.2) is 30.3 Å². The lowest BCUT2D eigenvalue weighted by Gasteiger charge is -2.32. The van der Waals surface area contributed by atoms with Gasteiger partial charge in [0.2, 0.25) is 11.8 Å². The minimum atomic E-state index is -0.705. The van der Waals surface area contributed by atoms with E-state index in [4.69, 9.17) is 10.6 Å². The van der Waals surface area contributed by atoms with Crippen molar-refractivity contribution >= 4 is 22.7 Å². The Kier molecular flexibility index (Phi) is 6.46. The number of carbonyl (C=O) groups excluding carboxylic acids is 2. The van der Waals surface area contributed by atoms with Crippen molar-refractivity contribution in [2.45, 2.75) is 51.6 Å². The van der Waals surface area contributed by atoms with Crippen LogP contribution in [0.2, 0.25) is 0 Å². The van der Waals surface area contributed by atoms with Gasteiger partial charge in [0.25, 0.3) is 0 Å². The topological polar surface area (TPSA) is 90.4 Å². The Balaban J connectivity index is 1.26. The van der Waals surface area contributed by atoms with Crippen LogP contribution in [0.1, 0.15) is 59.8 Å². The second-order valence-corrected chi connectivity index (χ2v) is 9.71. The van der Waals surface area contributed by atoms with Gasteiger partial charge in [-0.1, -0.05) is 0 Å². The molecule has 36 heavy (non-hydrogen) atoms. The maximum Gasteiger partial charge on any atom is 0.249 e. The first-order valence-corrected chi connectivity index (χ1v) is 12.1. The highest BCUT2D eigenvalue weighted by molar-refractivity contribution is 5.97. The summed E-state index contributed by atoms with van der Waals surface area (Å²) in [5.74, 6) is -2.82. The number of fused-ring (bicyclic) bond motifs is 1. The van der Waals surface area contributed by atoms with Gasteiger partial charge in [0.1, 0.15) is 17.5 Å². The Morgan fingerprint density at radius 1 is 1.03 bits per heavy atom. The van der Waals surface area contributed by atoms with Gasteiger partial charge >= 0.3 is 0 Å². The Labute approximate surface area is 205 Å². The normalized spacial score (nSPS) is 22.3. The fourth-order valence-corrected chi connectivity index (χ4v) is 5.49. The van der Waals surface area contributed by atoms with Gasteiger partial charge in [0.15, 0.2) is 0 Å². The predicted octanol–water partition coefficient (Wildman–Crippen LogP) is 4.57. The molecule has 1 aliphatic carbocycles. The lowest BCUT2D eigenvalue weighted by Crippen LogP contribution is -2.37. The molecule has 2 aromatic carbocycles. The van der Waals surface area contributed by atoms with Crippen molar-refractivity contribution in [1.29, 1.82) is 0 Å². The molecule has 0 spiro atoms. The van der Waals surface area contributed by atoms with E-state index < -0.39 is 29.4 Å². The first-order chi connectivity index (χ1) is 17.2. The molecule has 2 fully saturated rings. The van der Waals surface area contributed by atoms with Crippen LogP contribution >= 0.6 is 0 Å². The van der Waals surface area contributed by atoms with E-state index in [1.54, 1.807) is 17.7 Å². The number of carbonyl (C=O) groups is 2. The minimum Gasteiger partial charge on any atom is -0.366 e. The van der Waals surface area contributed by atoms with Crippen molar-refractivity contribution < 1.29 is 27.6 Å². The summed E-state index contributed by atoms with van der Waals surface area (Å²) in [6, 6.07) is 5.46. The molecule has 3 aromatic rings. The van der Waals surface area contributed by atoms with Crippen LogP contribution in [-0.2, 0) is 16.2 Å². The van der Waals surface area contributed by atoms with Crippen LogP contribution in [0, 0.1) is 36.2 Å². The van der Waals surface area contributed by atoms with Gasteiger partial charge in [-0.15, -0.1) is 0 Å². The van der Waals surface area contributed by atoms with E-state index in [9.17, 15) is 22.8 Å². The molecule has 7 nitrogen and oxygen atoms in total. The number of benzene rings is 2. The molecule has 1 atom stereocenters. The zero-order chi connectivity index (χ0) is 25.6. The number of aryl methyl sites for hydroxylation is 1. The molecular formula is C26H27F3N4O3. The Morgan fingerprint density at radius 2 is 1.72 bits per heavy atom. The molecule has 0 unspecified atom stereocenters. The maximum atomic E-state index is 14.6. The molecule has 1 aromatic heterocycles. The third-order valence-electron chi connectivity index (χ3n) is 7.28. The van der Waals surface area contributed by atoms with E-state index in [1.807, 2.05) is 0 Å². The molecule has 2 aliphatic rings. The molecule has 10 heteroatoms. The maximum absolute atomic E-state index is 14.6. The van der Waals surface area contributed by atoms with Gasteiger partial charge in [0, 0.05) is 30.5 Å². The summed E-state index contributed by atoms with van der Waals surface area (Å²) in [5, 5.41) is 6.15. The van der Waals surface area contributed by atoms with Gasteiger partial charge in [-0.05, 0) is 68.4 Å². The van der Waals surface area contributed by atoms with Crippen molar-refractivity contribution in [3.63, 3.8) is 0 Å². The quantitative estimate of drug-likeness (QED) is 0.556. The molecule has 2 heterocycles. The zero-order valence-electron chi connectivity index (χ0n) is 19.8. The largest absolute Gasteiger partial charge is 0.366 e. The summed E-state index contributed by atoms with van der Waals surface area (Å²) < 4.78 is 43.8. The number of hydroxylamine groups is 2. The summed E-state index contributed by atoms with van der Waals surface area (Å²) in [7, 11) is 0. The molecule has 1 saturated heterocycles. The number of nitrogens with zero attached hydrogens (tertiary/aromatic N) is 3. The van der Waals surface area contributed by atoms with Gasteiger partial charge in [-0.25, -0.2) is 18.2 Å². The van der Waals surface area contributed by atoms with Crippen LogP contribution in [-0.4, -0.2) is 33.3 Å². The zero-order valence-corrected chi connectivity index (χ0v) is 19.8. The molecule has 1 saturated carbocycles. The lowest BCUT2D eigenvalue weighted by atomic mass is 9.81. The monoisotopic (exact) mass is 500 g/mol. The van der Waals surface area contributed by atoms with Crippen molar-refractivity contribution in [2.24, 2.45) is 17.6 Å². The van der Waals surface area contributed by atoms with Crippen LogP contribution < -0.4 is 5.73 Å². The van der Waals surface area contributed by atoms with Crippen LogP contribution in [0.25, 0.3) is 10.9 Å². The van der Waals surface area contributed by atoms with Crippen LogP contribution in [0.5, 0.6) is 0 Å². The number of primary amides is 1. The fraction of sp³-hybridized carbons (Fsp3) is 0.423. The van der Waals surface area contributed by atoms with Gasteiger partial charge < -0.3 is 5.73 Å². The number of hydrogen-bond acceptors (Lipinski definition) is 4. The first-order valence-electron chi connectivity index (χ1n) is 12.1. The lowest BCUT2D eigenvalue weighted by molar-refractivity contribution is -0.183. The van der Waals surface area contributed by atoms with Crippen molar-refractivity contribution in [3.8, 4) is 0 Å². The van der Waals surface area contributed by atoms with Crippen molar-refractivity contribution in [2.75, 3.05) is 6.61 Å². The molecule has 2 N–H and O–H groups in total. The number of nitrogens with two attached hydrogens (primary N) is 1. The van der Waals surface area contributed by atoms with E-state index in [-0.39, 0.29) is 23.3 Å². The standard InChI is InChI=1S/C26H27F3N4O3/c1-14-24-21(29)10-18(25(30)34)11-23(24)32(31-14)13-15-2-4-16(5-3-15)26(35)33-22(6-7-36-33)17-8-19(27)12-20(28)9-17/h8-12,15-16,22H,2-7,13H2,1H3,(H2,30,34)/t15-,16-,22-/m0/s1. The van der Waals surface area contributed by atoms with E-state index in [2.05, 4.69) is 5.10 Å². The first kappa shape index (κ1) is 24.3. The van der Waals surface area contributed by atoms with Crippen LogP contribution in [0.3, 0.4) is 0 Å². The summed E-state index contributed by atoms with van der Waals surface area (Å²) in [6.07, 6.45) is 3.24. The molecular weight excluding hydrogens is 473 g/mol.